The third kappa shape index (κ3) is 4.72. The first-order valence-corrected chi connectivity index (χ1v) is 9.70. The summed E-state index contributed by atoms with van der Waals surface area (Å²) in [5, 5.41) is 6.85. The van der Waals surface area contributed by atoms with Gasteiger partial charge in [0.15, 0.2) is 6.61 Å². The number of para-hydroxylation sites is 3. The van der Waals surface area contributed by atoms with E-state index in [-0.39, 0.29) is 12.5 Å². The van der Waals surface area contributed by atoms with Crippen LogP contribution in [0.2, 0.25) is 0 Å². The van der Waals surface area contributed by atoms with Gasteiger partial charge in [-0.05, 0) is 31.2 Å². The zero-order valence-electron chi connectivity index (χ0n) is 17.2. The van der Waals surface area contributed by atoms with Crippen LogP contribution < -0.4 is 14.8 Å². The van der Waals surface area contributed by atoms with Crippen molar-refractivity contribution in [1.82, 2.24) is 10.1 Å². The lowest BCUT2D eigenvalue weighted by Crippen LogP contribution is -2.14. The average molecular weight is 415 g/mol. The summed E-state index contributed by atoms with van der Waals surface area (Å²) in [7, 11) is 1.55. The largest absolute Gasteiger partial charge is 0.495 e. The minimum absolute atomic E-state index is 0.0395. The number of hydrogen-bond acceptors (Lipinski definition) is 6. The van der Waals surface area contributed by atoms with Crippen LogP contribution in [-0.4, -0.2) is 23.2 Å². The molecule has 31 heavy (non-hydrogen) atoms. The maximum atomic E-state index is 12.8. The Morgan fingerprint density at radius 1 is 0.968 bits per heavy atom. The maximum Gasteiger partial charge on any atom is 0.264 e. The number of aromatic nitrogens is 2. The van der Waals surface area contributed by atoms with Crippen LogP contribution in [-0.2, 0) is 6.61 Å². The predicted octanol–water partition coefficient (Wildman–Crippen LogP) is 4.88. The van der Waals surface area contributed by atoms with E-state index < -0.39 is 0 Å². The zero-order valence-corrected chi connectivity index (χ0v) is 17.2. The lowest BCUT2D eigenvalue weighted by Gasteiger charge is -2.12. The molecule has 1 N–H and O–H groups in total. The summed E-state index contributed by atoms with van der Waals surface area (Å²) in [5.74, 6) is 1.47. The highest BCUT2D eigenvalue weighted by Crippen LogP contribution is 2.26. The quantitative estimate of drug-likeness (QED) is 0.463. The molecular weight excluding hydrogens is 394 g/mol. The van der Waals surface area contributed by atoms with Gasteiger partial charge in [-0.25, -0.2) is 0 Å². The molecule has 0 fully saturated rings. The van der Waals surface area contributed by atoms with E-state index in [9.17, 15) is 4.79 Å². The Labute approximate surface area is 179 Å². The number of anilines is 1. The summed E-state index contributed by atoms with van der Waals surface area (Å²) < 4.78 is 16.4. The number of amides is 1. The Balaban J connectivity index is 1.47. The van der Waals surface area contributed by atoms with Gasteiger partial charge in [0.05, 0.1) is 18.4 Å². The van der Waals surface area contributed by atoms with E-state index in [2.05, 4.69) is 15.5 Å². The van der Waals surface area contributed by atoms with Gasteiger partial charge in [0.1, 0.15) is 11.5 Å². The number of nitrogens with zero attached hydrogens (tertiary/aromatic N) is 2. The molecule has 0 saturated carbocycles. The van der Waals surface area contributed by atoms with E-state index in [1.807, 2.05) is 43.3 Å². The van der Waals surface area contributed by atoms with Gasteiger partial charge in [-0.1, -0.05) is 59.3 Å². The predicted molar refractivity (Wildman–Crippen MR) is 116 cm³/mol. The number of carbonyl (C=O) groups is 1. The molecule has 1 amide bonds. The molecule has 0 saturated heterocycles. The van der Waals surface area contributed by atoms with Crippen molar-refractivity contribution in [2.75, 3.05) is 12.4 Å². The maximum absolute atomic E-state index is 12.8. The van der Waals surface area contributed by atoms with E-state index in [4.69, 9.17) is 14.0 Å². The minimum Gasteiger partial charge on any atom is -0.495 e. The van der Waals surface area contributed by atoms with Crippen LogP contribution >= 0.6 is 0 Å². The topological polar surface area (TPSA) is 86.5 Å². The van der Waals surface area contributed by atoms with Crippen LogP contribution in [0, 0.1) is 6.92 Å². The molecule has 1 aromatic heterocycles. The molecule has 0 aliphatic heterocycles. The third-order valence-electron chi connectivity index (χ3n) is 4.62. The lowest BCUT2D eigenvalue weighted by atomic mass is 10.1. The van der Waals surface area contributed by atoms with Gasteiger partial charge in [0.2, 0.25) is 5.82 Å². The summed E-state index contributed by atoms with van der Waals surface area (Å²) in [6, 6.07) is 22.0. The fourth-order valence-corrected chi connectivity index (χ4v) is 2.99. The normalized spacial score (nSPS) is 10.5. The first-order chi connectivity index (χ1) is 15.1. The highest BCUT2D eigenvalue weighted by molar-refractivity contribution is 6.06. The van der Waals surface area contributed by atoms with Gasteiger partial charge in [0.25, 0.3) is 11.8 Å². The minimum atomic E-state index is -0.314. The third-order valence-corrected chi connectivity index (χ3v) is 4.62. The number of methoxy groups -OCH3 is 1. The molecule has 0 atom stereocenters. The number of nitrogens with one attached hydrogen (secondary N) is 1. The molecule has 0 aliphatic rings. The van der Waals surface area contributed by atoms with E-state index in [0.29, 0.717) is 34.5 Å². The Hall–Kier alpha value is -4.13. The van der Waals surface area contributed by atoms with E-state index in [1.165, 1.54) is 0 Å². The van der Waals surface area contributed by atoms with Crippen molar-refractivity contribution in [3.8, 4) is 22.9 Å². The lowest BCUT2D eigenvalue weighted by molar-refractivity contribution is 0.102. The average Bonchev–Trinajstić information content (AvgIpc) is 3.28. The number of hydrogen-bond donors (Lipinski definition) is 1. The first-order valence-electron chi connectivity index (χ1n) is 9.70. The molecule has 0 bridgehead atoms. The highest BCUT2D eigenvalue weighted by atomic mass is 16.5. The molecule has 0 aliphatic carbocycles. The molecule has 7 nitrogen and oxygen atoms in total. The summed E-state index contributed by atoms with van der Waals surface area (Å²) in [6.45, 7) is 2.05. The van der Waals surface area contributed by atoms with Crippen molar-refractivity contribution in [3.63, 3.8) is 0 Å². The van der Waals surface area contributed by atoms with Crippen LogP contribution in [0.4, 0.5) is 5.69 Å². The fraction of sp³-hybridized carbons (Fsp3) is 0.125. The molecule has 0 spiro atoms. The second-order valence-electron chi connectivity index (χ2n) is 6.82. The molecule has 3 aromatic carbocycles. The Morgan fingerprint density at radius 3 is 2.45 bits per heavy atom. The van der Waals surface area contributed by atoms with Crippen molar-refractivity contribution in [3.05, 3.63) is 89.8 Å². The van der Waals surface area contributed by atoms with Gasteiger partial charge < -0.3 is 19.3 Å². The molecule has 1 heterocycles. The van der Waals surface area contributed by atoms with Gasteiger partial charge in [-0.3, -0.25) is 4.79 Å². The van der Waals surface area contributed by atoms with Gasteiger partial charge >= 0.3 is 0 Å². The van der Waals surface area contributed by atoms with Crippen LogP contribution in [0.3, 0.4) is 0 Å². The second-order valence-corrected chi connectivity index (χ2v) is 6.82. The number of carbonyl (C=O) groups excluding carboxylic acids is 1. The van der Waals surface area contributed by atoms with Crippen LogP contribution in [0.15, 0.2) is 77.3 Å². The summed E-state index contributed by atoms with van der Waals surface area (Å²) in [4.78, 5) is 17.2. The van der Waals surface area contributed by atoms with Crippen molar-refractivity contribution in [1.29, 1.82) is 0 Å². The van der Waals surface area contributed by atoms with Crippen LogP contribution in [0.25, 0.3) is 11.4 Å². The van der Waals surface area contributed by atoms with E-state index in [1.54, 1.807) is 43.5 Å². The molecule has 156 valence electrons. The zero-order chi connectivity index (χ0) is 21.6. The highest BCUT2D eigenvalue weighted by Gasteiger charge is 2.16. The number of ether oxygens (including phenoxy) is 2. The fourth-order valence-electron chi connectivity index (χ4n) is 2.99. The van der Waals surface area contributed by atoms with Crippen LogP contribution in [0.1, 0.15) is 21.8 Å². The number of benzene rings is 3. The Kier molecular flexibility index (Phi) is 5.93. The van der Waals surface area contributed by atoms with Gasteiger partial charge in [0, 0.05) is 5.56 Å². The SMILES string of the molecule is COc1ccccc1NC(=O)c1ccccc1OCc1nc(-c2ccc(C)cc2)no1. The molecule has 0 unspecified atom stereocenters. The van der Waals surface area contributed by atoms with Crippen molar-refractivity contribution in [2.24, 2.45) is 0 Å². The summed E-state index contributed by atoms with van der Waals surface area (Å²) >= 11 is 0. The van der Waals surface area contributed by atoms with Crippen molar-refractivity contribution >= 4 is 11.6 Å². The van der Waals surface area contributed by atoms with Crippen molar-refractivity contribution < 1.29 is 18.8 Å². The molecule has 0 radical (unpaired) electrons. The Morgan fingerprint density at radius 2 is 1.68 bits per heavy atom. The van der Waals surface area contributed by atoms with E-state index >= 15 is 0 Å². The number of rotatable bonds is 7. The van der Waals surface area contributed by atoms with Gasteiger partial charge in [-0.15, -0.1) is 0 Å². The van der Waals surface area contributed by atoms with E-state index in [0.717, 1.165) is 11.1 Å². The first kappa shape index (κ1) is 20.2. The van der Waals surface area contributed by atoms with Crippen molar-refractivity contribution in [2.45, 2.75) is 13.5 Å². The standard InChI is InChI=1S/C24H21N3O4/c1-16-11-13-17(14-12-16)23-26-22(31-27-23)15-30-20-9-5-3-7-18(20)24(28)25-19-8-4-6-10-21(19)29-2/h3-14H,15H2,1-2H3,(H,25,28). The molecule has 4 aromatic rings. The molecule has 7 heteroatoms. The molecular formula is C24H21N3O4. The Bertz CT molecular complexity index is 1190. The number of aryl methyl sites for hydroxylation is 1. The monoisotopic (exact) mass is 415 g/mol. The smallest absolute Gasteiger partial charge is 0.264 e. The van der Waals surface area contributed by atoms with Crippen LogP contribution in [0.5, 0.6) is 11.5 Å². The molecule has 4 rings (SSSR count). The van der Waals surface area contributed by atoms with Gasteiger partial charge in [-0.2, -0.15) is 4.98 Å². The summed E-state index contributed by atoms with van der Waals surface area (Å²) in [6.07, 6.45) is 0. The summed E-state index contributed by atoms with van der Waals surface area (Å²) in [5.41, 5.74) is 2.96. The second kappa shape index (κ2) is 9.13.